The first-order valence-electron chi connectivity index (χ1n) is 5.36. The third kappa shape index (κ3) is 2.93. The van der Waals surface area contributed by atoms with E-state index in [1.165, 1.54) is 6.20 Å². The first kappa shape index (κ1) is 13.1. The number of alkyl halides is 3. The van der Waals surface area contributed by atoms with Gasteiger partial charge in [0.15, 0.2) is 0 Å². The summed E-state index contributed by atoms with van der Waals surface area (Å²) in [7, 11) is 0. The molecule has 0 fully saturated rings. The van der Waals surface area contributed by atoms with Crippen LogP contribution in [0.25, 0.3) is 0 Å². The molecule has 1 aromatic carbocycles. The van der Waals surface area contributed by atoms with Crippen LogP contribution in [0.5, 0.6) is 0 Å². The van der Waals surface area contributed by atoms with E-state index in [1.54, 1.807) is 6.92 Å². The van der Waals surface area contributed by atoms with Gasteiger partial charge in [0, 0.05) is 11.1 Å². The second-order valence-corrected chi connectivity index (χ2v) is 3.96. The predicted molar refractivity (Wildman–Crippen MR) is 62.7 cm³/mol. The van der Waals surface area contributed by atoms with Crippen LogP contribution in [0.15, 0.2) is 30.5 Å². The number of hydrogen-bond acceptors (Lipinski definition) is 2. The van der Waals surface area contributed by atoms with E-state index in [2.05, 4.69) is 15.5 Å². The van der Waals surface area contributed by atoms with E-state index in [9.17, 15) is 18.0 Å². The Kier molecular flexibility index (Phi) is 3.28. The number of benzene rings is 1. The summed E-state index contributed by atoms with van der Waals surface area (Å²) in [6.45, 7) is 1.74. The molecule has 0 spiro atoms. The van der Waals surface area contributed by atoms with Crippen molar-refractivity contribution in [2.24, 2.45) is 0 Å². The lowest BCUT2D eigenvalue weighted by molar-refractivity contribution is -0.137. The number of H-pyrrole nitrogens is 1. The Labute approximate surface area is 106 Å². The van der Waals surface area contributed by atoms with E-state index in [0.29, 0.717) is 5.82 Å². The average molecular weight is 269 g/mol. The number of aryl methyl sites for hydroxylation is 1. The van der Waals surface area contributed by atoms with Gasteiger partial charge in [-0.2, -0.15) is 18.3 Å². The Morgan fingerprint density at radius 3 is 2.37 bits per heavy atom. The maximum atomic E-state index is 12.4. The fourth-order valence-electron chi connectivity index (χ4n) is 1.47. The fraction of sp³-hybridized carbons (Fsp3) is 0.167. The highest BCUT2D eigenvalue weighted by Gasteiger charge is 2.30. The number of hydrogen-bond donors (Lipinski definition) is 2. The number of carbonyl (C=O) groups excluding carboxylic acids is 1. The van der Waals surface area contributed by atoms with Crippen molar-refractivity contribution < 1.29 is 18.0 Å². The number of nitrogens with zero attached hydrogens (tertiary/aromatic N) is 1. The summed E-state index contributed by atoms with van der Waals surface area (Å²) in [6.07, 6.45) is -2.88. The maximum Gasteiger partial charge on any atom is 0.416 e. The molecule has 4 nitrogen and oxygen atoms in total. The summed E-state index contributed by atoms with van der Waals surface area (Å²) in [5.74, 6) is -0.0778. The molecule has 0 aliphatic carbocycles. The Morgan fingerprint density at radius 1 is 1.26 bits per heavy atom. The molecule has 19 heavy (non-hydrogen) atoms. The Balaban J connectivity index is 2.14. The first-order valence-corrected chi connectivity index (χ1v) is 5.36. The molecule has 7 heteroatoms. The van der Waals surface area contributed by atoms with Crippen molar-refractivity contribution in [3.63, 3.8) is 0 Å². The zero-order valence-corrected chi connectivity index (χ0v) is 9.88. The van der Waals surface area contributed by atoms with Gasteiger partial charge in [0.25, 0.3) is 5.91 Å². The average Bonchev–Trinajstić information content (AvgIpc) is 2.74. The van der Waals surface area contributed by atoms with Gasteiger partial charge in [-0.25, -0.2) is 0 Å². The lowest BCUT2D eigenvalue weighted by Gasteiger charge is -2.07. The maximum absolute atomic E-state index is 12.4. The van der Waals surface area contributed by atoms with Gasteiger partial charge in [-0.1, -0.05) is 0 Å². The van der Waals surface area contributed by atoms with Gasteiger partial charge in [0.1, 0.15) is 5.82 Å². The summed E-state index contributed by atoms with van der Waals surface area (Å²) < 4.78 is 37.1. The molecule has 0 aliphatic heterocycles. The number of rotatable bonds is 2. The monoisotopic (exact) mass is 269 g/mol. The highest BCUT2D eigenvalue weighted by molar-refractivity contribution is 6.04. The molecular formula is C12H10F3N3O. The molecule has 0 aliphatic rings. The van der Waals surface area contributed by atoms with E-state index in [0.717, 1.165) is 29.8 Å². The molecule has 1 aromatic heterocycles. The van der Waals surface area contributed by atoms with Crippen LogP contribution in [0.2, 0.25) is 0 Å². The zero-order valence-electron chi connectivity index (χ0n) is 9.88. The van der Waals surface area contributed by atoms with Gasteiger partial charge in [-0.15, -0.1) is 0 Å². The molecule has 1 amide bonds. The lowest BCUT2D eigenvalue weighted by atomic mass is 10.1. The number of amides is 1. The standard InChI is InChI=1S/C12H10F3N3O/c1-7-6-16-18-10(7)17-11(19)8-2-4-9(5-3-8)12(13,14)15/h2-6H,1H3,(H2,16,17,18,19). The van der Waals surface area contributed by atoms with Crippen molar-refractivity contribution in [2.75, 3.05) is 5.32 Å². The Morgan fingerprint density at radius 2 is 1.89 bits per heavy atom. The van der Waals surface area contributed by atoms with Gasteiger partial charge in [-0.05, 0) is 31.2 Å². The minimum absolute atomic E-state index is 0.141. The summed E-state index contributed by atoms with van der Waals surface area (Å²) in [4.78, 5) is 11.8. The molecule has 0 saturated heterocycles. The Bertz CT molecular complexity index is 587. The number of nitrogens with one attached hydrogen (secondary N) is 2. The van der Waals surface area contributed by atoms with Crippen LogP contribution in [0.3, 0.4) is 0 Å². The summed E-state index contributed by atoms with van der Waals surface area (Å²) in [6, 6.07) is 4.00. The molecule has 2 rings (SSSR count). The Hall–Kier alpha value is -2.31. The van der Waals surface area contributed by atoms with Crippen LogP contribution in [0.1, 0.15) is 21.5 Å². The quantitative estimate of drug-likeness (QED) is 0.880. The van der Waals surface area contributed by atoms with Crippen molar-refractivity contribution in [2.45, 2.75) is 13.1 Å². The second-order valence-electron chi connectivity index (χ2n) is 3.96. The summed E-state index contributed by atoms with van der Waals surface area (Å²) in [5, 5.41) is 8.83. The van der Waals surface area contributed by atoms with E-state index in [1.807, 2.05) is 0 Å². The molecule has 0 unspecified atom stereocenters. The number of anilines is 1. The van der Waals surface area contributed by atoms with Gasteiger partial charge in [0.2, 0.25) is 0 Å². The number of aromatic nitrogens is 2. The van der Waals surface area contributed by atoms with Gasteiger partial charge in [-0.3, -0.25) is 9.89 Å². The van der Waals surface area contributed by atoms with Crippen LogP contribution in [-0.2, 0) is 6.18 Å². The lowest BCUT2D eigenvalue weighted by Crippen LogP contribution is -2.13. The second kappa shape index (κ2) is 4.75. The normalized spacial score (nSPS) is 11.4. The summed E-state index contributed by atoms with van der Waals surface area (Å²) >= 11 is 0. The number of carbonyl (C=O) groups is 1. The summed E-state index contributed by atoms with van der Waals surface area (Å²) in [5.41, 5.74) is 0.0871. The van der Waals surface area contributed by atoms with Crippen LogP contribution >= 0.6 is 0 Å². The van der Waals surface area contributed by atoms with E-state index in [4.69, 9.17) is 0 Å². The zero-order chi connectivity index (χ0) is 14.0. The smallest absolute Gasteiger partial charge is 0.307 e. The van der Waals surface area contributed by atoms with Crippen molar-refractivity contribution in [1.82, 2.24) is 10.2 Å². The van der Waals surface area contributed by atoms with E-state index in [-0.39, 0.29) is 5.56 Å². The topological polar surface area (TPSA) is 57.8 Å². The molecule has 100 valence electrons. The number of aromatic amines is 1. The van der Waals surface area contributed by atoms with Gasteiger partial charge in [0.05, 0.1) is 11.8 Å². The highest BCUT2D eigenvalue weighted by atomic mass is 19.4. The SMILES string of the molecule is Cc1cn[nH]c1NC(=O)c1ccc(C(F)(F)F)cc1. The van der Waals surface area contributed by atoms with E-state index >= 15 is 0 Å². The molecule has 2 aromatic rings. The van der Waals surface area contributed by atoms with E-state index < -0.39 is 17.6 Å². The van der Waals surface area contributed by atoms with Crippen molar-refractivity contribution in [3.05, 3.63) is 47.2 Å². The minimum atomic E-state index is -4.41. The molecule has 0 radical (unpaired) electrons. The molecule has 0 bridgehead atoms. The predicted octanol–water partition coefficient (Wildman–Crippen LogP) is 2.99. The third-order valence-electron chi connectivity index (χ3n) is 2.54. The van der Waals surface area contributed by atoms with Crippen LogP contribution in [0.4, 0.5) is 19.0 Å². The van der Waals surface area contributed by atoms with Crippen LogP contribution in [0, 0.1) is 6.92 Å². The number of halogens is 3. The third-order valence-corrected chi connectivity index (χ3v) is 2.54. The van der Waals surface area contributed by atoms with Crippen molar-refractivity contribution in [1.29, 1.82) is 0 Å². The molecule has 0 saturated carbocycles. The van der Waals surface area contributed by atoms with Gasteiger partial charge < -0.3 is 5.32 Å². The molecular weight excluding hydrogens is 259 g/mol. The molecule has 1 heterocycles. The van der Waals surface area contributed by atoms with Crippen molar-refractivity contribution >= 4 is 11.7 Å². The van der Waals surface area contributed by atoms with Crippen molar-refractivity contribution in [3.8, 4) is 0 Å². The molecule has 0 atom stereocenters. The molecule has 2 N–H and O–H groups in total. The van der Waals surface area contributed by atoms with Crippen LogP contribution in [-0.4, -0.2) is 16.1 Å². The van der Waals surface area contributed by atoms with Gasteiger partial charge >= 0.3 is 6.18 Å². The highest BCUT2D eigenvalue weighted by Crippen LogP contribution is 2.29. The first-order chi connectivity index (χ1) is 8.88. The minimum Gasteiger partial charge on any atom is -0.307 e. The fourth-order valence-corrected chi connectivity index (χ4v) is 1.47. The largest absolute Gasteiger partial charge is 0.416 e. The van der Waals surface area contributed by atoms with Crippen LogP contribution < -0.4 is 5.32 Å².